The molecule has 35 heavy (non-hydrogen) atoms. The van der Waals surface area contributed by atoms with E-state index in [2.05, 4.69) is 4.72 Å². The fraction of sp³-hybridized carbons (Fsp3) is 0.321. The molecule has 6 nitrogen and oxygen atoms in total. The zero-order chi connectivity index (χ0) is 24.8. The van der Waals surface area contributed by atoms with Gasteiger partial charge in [0.1, 0.15) is 6.04 Å². The Kier molecular flexibility index (Phi) is 8.00. The van der Waals surface area contributed by atoms with E-state index >= 15 is 0 Å². The lowest BCUT2D eigenvalue weighted by Crippen LogP contribution is -2.50. The predicted molar refractivity (Wildman–Crippen MR) is 139 cm³/mol. The smallest absolute Gasteiger partial charge is 0.241 e. The summed E-state index contributed by atoms with van der Waals surface area (Å²) in [7, 11) is -2.13. The maximum absolute atomic E-state index is 13.5. The molecule has 1 atom stereocenters. The summed E-state index contributed by atoms with van der Waals surface area (Å²) in [6.45, 7) is 0.429. The number of rotatable bonds is 9. The zero-order valence-corrected chi connectivity index (χ0v) is 20.9. The van der Waals surface area contributed by atoms with Crippen LogP contribution in [0.1, 0.15) is 36.8 Å². The van der Waals surface area contributed by atoms with Gasteiger partial charge in [-0.05, 0) is 53.6 Å². The van der Waals surface area contributed by atoms with Gasteiger partial charge in [-0.1, -0.05) is 79.6 Å². The molecule has 3 N–H and O–H groups in total. The Bertz CT molecular complexity index is 1220. The highest BCUT2D eigenvalue weighted by Crippen LogP contribution is 2.24. The van der Waals surface area contributed by atoms with E-state index in [4.69, 9.17) is 5.73 Å². The number of benzene rings is 3. The lowest BCUT2D eigenvalue weighted by atomic mass is 10.0. The number of hydrogen-bond donors (Lipinski definition) is 2. The summed E-state index contributed by atoms with van der Waals surface area (Å²) in [6, 6.07) is 23.4. The van der Waals surface area contributed by atoms with Gasteiger partial charge in [0.25, 0.3) is 0 Å². The Morgan fingerprint density at radius 2 is 1.49 bits per heavy atom. The number of carbonyl (C=O) groups is 1. The van der Waals surface area contributed by atoms with Gasteiger partial charge in [0.2, 0.25) is 15.9 Å². The third kappa shape index (κ3) is 6.17. The standard InChI is InChI=1S/C28H33N3O3S/c1-31(25-9-5-6-10-25)28(32)27(19-21-11-13-22(20-29)14-12-21)30-35(33,34)26-17-15-24(16-18-26)23-7-3-2-4-8-23/h2-4,7-8,11-18,25,27,30H,5-6,9-10,19-20,29H2,1H3/t27-/m0/s1. The first-order valence-electron chi connectivity index (χ1n) is 12.1. The number of amides is 1. The quantitative estimate of drug-likeness (QED) is 0.471. The second-order valence-corrected chi connectivity index (χ2v) is 10.9. The van der Waals surface area contributed by atoms with E-state index in [-0.39, 0.29) is 23.3 Å². The van der Waals surface area contributed by atoms with Crippen molar-refractivity contribution in [1.82, 2.24) is 9.62 Å². The minimum atomic E-state index is -3.91. The first-order valence-corrected chi connectivity index (χ1v) is 13.6. The van der Waals surface area contributed by atoms with Crippen LogP contribution in [0, 0.1) is 0 Å². The number of nitrogens with two attached hydrogens (primary N) is 1. The Morgan fingerprint density at radius 3 is 2.09 bits per heavy atom. The van der Waals surface area contributed by atoms with Gasteiger partial charge in [-0.3, -0.25) is 4.79 Å². The zero-order valence-electron chi connectivity index (χ0n) is 20.1. The molecule has 1 saturated carbocycles. The van der Waals surface area contributed by atoms with Crippen molar-refractivity contribution in [2.45, 2.75) is 55.6 Å². The molecular weight excluding hydrogens is 458 g/mol. The minimum absolute atomic E-state index is 0.136. The Morgan fingerprint density at radius 1 is 0.914 bits per heavy atom. The molecule has 1 amide bonds. The fourth-order valence-electron chi connectivity index (χ4n) is 4.66. The van der Waals surface area contributed by atoms with Gasteiger partial charge in [-0.15, -0.1) is 0 Å². The normalized spacial score (nSPS) is 15.1. The summed E-state index contributed by atoms with van der Waals surface area (Å²) < 4.78 is 29.4. The maximum Gasteiger partial charge on any atom is 0.241 e. The van der Waals surface area contributed by atoms with Crippen molar-refractivity contribution in [3.05, 3.63) is 90.0 Å². The van der Waals surface area contributed by atoms with Crippen LogP contribution < -0.4 is 10.5 Å². The van der Waals surface area contributed by atoms with Crippen LogP contribution >= 0.6 is 0 Å². The fourth-order valence-corrected chi connectivity index (χ4v) is 5.85. The van der Waals surface area contributed by atoms with E-state index < -0.39 is 16.1 Å². The van der Waals surface area contributed by atoms with Crippen molar-refractivity contribution < 1.29 is 13.2 Å². The van der Waals surface area contributed by atoms with Crippen molar-refractivity contribution in [3.8, 4) is 11.1 Å². The van der Waals surface area contributed by atoms with Crippen LogP contribution in [0.4, 0.5) is 0 Å². The highest BCUT2D eigenvalue weighted by molar-refractivity contribution is 7.89. The Hall–Kier alpha value is -3.00. The molecule has 1 fully saturated rings. The molecule has 0 aliphatic heterocycles. The van der Waals surface area contributed by atoms with Gasteiger partial charge < -0.3 is 10.6 Å². The van der Waals surface area contributed by atoms with Gasteiger partial charge in [0.15, 0.2) is 0 Å². The monoisotopic (exact) mass is 491 g/mol. The van der Waals surface area contributed by atoms with Crippen LogP contribution in [0.25, 0.3) is 11.1 Å². The molecule has 3 aromatic rings. The van der Waals surface area contributed by atoms with Crippen molar-refractivity contribution in [3.63, 3.8) is 0 Å². The van der Waals surface area contributed by atoms with Gasteiger partial charge >= 0.3 is 0 Å². The molecule has 7 heteroatoms. The highest BCUT2D eigenvalue weighted by Gasteiger charge is 2.32. The summed E-state index contributed by atoms with van der Waals surface area (Å²) >= 11 is 0. The third-order valence-corrected chi connectivity index (χ3v) is 8.27. The number of likely N-dealkylation sites (N-methyl/N-ethyl adjacent to an activating group) is 1. The van der Waals surface area contributed by atoms with E-state index in [9.17, 15) is 13.2 Å². The minimum Gasteiger partial charge on any atom is -0.341 e. The summed E-state index contributed by atoms with van der Waals surface area (Å²) in [5, 5.41) is 0. The van der Waals surface area contributed by atoms with Crippen LogP contribution in [0.5, 0.6) is 0 Å². The summed E-state index contributed by atoms with van der Waals surface area (Å²) in [5.41, 5.74) is 9.50. The molecule has 0 saturated heterocycles. The molecule has 0 aromatic heterocycles. The number of nitrogens with one attached hydrogen (secondary N) is 1. The Balaban J connectivity index is 1.57. The first kappa shape index (κ1) is 25.1. The van der Waals surface area contributed by atoms with E-state index in [0.29, 0.717) is 6.54 Å². The van der Waals surface area contributed by atoms with Crippen molar-refractivity contribution in [2.75, 3.05) is 7.05 Å². The predicted octanol–water partition coefficient (Wildman–Crippen LogP) is 4.10. The van der Waals surface area contributed by atoms with Gasteiger partial charge in [-0.2, -0.15) is 4.72 Å². The summed E-state index contributed by atoms with van der Waals surface area (Å²) in [6.07, 6.45) is 4.35. The van der Waals surface area contributed by atoms with Crippen LogP contribution in [0.3, 0.4) is 0 Å². The van der Waals surface area contributed by atoms with Crippen LogP contribution in [-0.4, -0.2) is 38.4 Å². The van der Waals surface area contributed by atoms with E-state index in [1.54, 1.807) is 36.2 Å². The second-order valence-electron chi connectivity index (χ2n) is 9.18. The number of carbonyl (C=O) groups excluding carboxylic acids is 1. The van der Waals surface area contributed by atoms with Crippen molar-refractivity contribution in [1.29, 1.82) is 0 Å². The molecule has 3 aromatic carbocycles. The van der Waals surface area contributed by atoms with Crippen LogP contribution in [0.15, 0.2) is 83.8 Å². The van der Waals surface area contributed by atoms with Crippen LogP contribution in [-0.2, 0) is 27.8 Å². The molecule has 0 spiro atoms. The molecule has 184 valence electrons. The number of nitrogens with zero attached hydrogens (tertiary/aromatic N) is 1. The Labute approximate surface area is 208 Å². The van der Waals surface area contributed by atoms with Gasteiger partial charge in [0.05, 0.1) is 4.90 Å². The third-order valence-electron chi connectivity index (χ3n) is 6.79. The average molecular weight is 492 g/mol. The lowest BCUT2D eigenvalue weighted by molar-refractivity contribution is -0.133. The topological polar surface area (TPSA) is 92.5 Å². The largest absolute Gasteiger partial charge is 0.341 e. The van der Waals surface area contributed by atoms with Crippen molar-refractivity contribution >= 4 is 15.9 Å². The molecule has 0 unspecified atom stereocenters. The molecule has 4 rings (SSSR count). The van der Waals surface area contributed by atoms with E-state index in [1.165, 1.54) is 0 Å². The molecule has 0 heterocycles. The summed E-state index contributed by atoms with van der Waals surface area (Å²) in [5.74, 6) is -0.204. The average Bonchev–Trinajstić information content (AvgIpc) is 3.43. The molecule has 1 aliphatic rings. The van der Waals surface area contributed by atoms with Crippen LogP contribution in [0.2, 0.25) is 0 Å². The van der Waals surface area contributed by atoms with E-state index in [0.717, 1.165) is 47.9 Å². The SMILES string of the molecule is CN(C(=O)[C@H](Cc1ccc(CN)cc1)NS(=O)(=O)c1ccc(-c2ccccc2)cc1)C1CCCC1. The lowest BCUT2D eigenvalue weighted by Gasteiger charge is -2.29. The second kappa shape index (κ2) is 11.2. The number of sulfonamides is 1. The molecule has 0 radical (unpaired) electrons. The highest BCUT2D eigenvalue weighted by atomic mass is 32.2. The molecule has 1 aliphatic carbocycles. The first-order chi connectivity index (χ1) is 16.9. The molecular formula is C28H33N3O3S. The maximum atomic E-state index is 13.5. The molecule has 0 bridgehead atoms. The summed E-state index contributed by atoms with van der Waals surface area (Å²) in [4.78, 5) is 15.4. The van der Waals surface area contributed by atoms with Gasteiger partial charge in [-0.25, -0.2) is 8.42 Å². The van der Waals surface area contributed by atoms with Crippen molar-refractivity contribution in [2.24, 2.45) is 5.73 Å². The number of hydrogen-bond acceptors (Lipinski definition) is 4. The van der Waals surface area contributed by atoms with Gasteiger partial charge in [0, 0.05) is 19.6 Å². The van der Waals surface area contributed by atoms with E-state index in [1.807, 2.05) is 54.6 Å².